The van der Waals surface area contributed by atoms with E-state index in [1.165, 1.54) is 7.11 Å². The van der Waals surface area contributed by atoms with Gasteiger partial charge in [-0.1, -0.05) is 12.1 Å². The number of hydrogen-bond acceptors (Lipinski definition) is 4. The molecule has 1 aliphatic rings. The number of benzene rings is 1. The van der Waals surface area contributed by atoms with Gasteiger partial charge in [0.1, 0.15) is 10.7 Å². The normalized spacial score (nSPS) is 18.9. The maximum Gasteiger partial charge on any atom is 0.337 e. The summed E-state index contributed by atoms with van der Waals surface area (Å²) in [6, 6.07) is 7.09. The minimum Gasteiger partial charge on any atom is -0.465 e. The van der Waals surface area contributed by atoms with Crippen molar-refractivity contribution in [3.63, 3.8) is 0 Å². The Morgan fingerprint density at radius 1 is 1.44 bits per heavy atom. The van der Waals surface area contributed by atoms with Gasteiger partial charge in [-0.25, -0.2) is 4.79 Å². The van der Waals surface area contributed by atoms with E-state index in [0.29, 0.717) is 5.56 Å². The molecule has 1 atom stereocenters. The summed E-state index contributed by atoms with van der Waals surface area (Å²) in [7, 11) is 1.36. The van der Waals surface area contributed by atoms with Gasteiger partial charge in [-0.3, -0.25) is 10.3 Å². The fourth-order valence-corrected chi connectivity index (χ4v) is 1.75. The molecule has 0 saturated heterocycles. The summed E-state index contributed by atoms with van der Waals surface area (Å²) in [5.74, 6) is -0.339. The van der Waals surface area contributed by atoms with E-state index in [2.05, 4.69) is 26.1 Å². The number of methoxy groups -OCH3 is 1. The molecule has 0 saturated carbocycles. The van der Waals surface area contributed by atoms with E-state index >= 15 is 0 Å². The molecule has 1 heterocycles. The van der Waals surface area contributed by atoms with Crippen molar-refractivity contribution in [1.82, 2.24) is 5.48 Å². The fraction of sp³-hybridized carbons (Fsp3) is 0.182. The highest BCUT2D eigenvalue weighted by atomic mass is 79.9. The maximum absolute atomic E-state index is 11.2. The zero-order chi connectivity index (χ0) is 11.5. The number of hydrogen-bond donors (Lipinski definition) is 1. The van der Waals surface area contributed by atoms with Crippen LogP contribution in [0.2, 0.25) is 0 Å². The Morgan fingerprint density at radius 2 is 2.12 bits per heavy atom. The van der Waals surface area contributed by atoms with Crippen LogP contribution in [0.3, 0.4) is 0 Å². The van der Waals surface area contributed by atoms with Crippen LogP contribution in [0.25, 0.3) is 0 Å². The first-order chi connectivity index (χ1) is 7.70. The molecular weight excluding hydrogens is 274 g/mol. The Bertz CT molecular complexity index is 427. The number of hydroxylamine groups is 1. The van der Waals surface area contributed by atoms with E-state index in [0.717, 1.165) is 10.2 Å². The second-order valence-corrected chi connectivity index (χ2v) is 4.12. The summed E-state index contributed by atoms with van der Waals surface area (Å²) in [5.41, 5.74) is 4.20. The SMILES string of the molecule is COC(=O)c1ccc([C@H]2C=C(Br)NO2)cc1. The van der Waals surface area contributed by atoms with Crippen LogP contribution in [0.5, 0.6) is 0 Å². The quantitative estimate of drug-likeness (QED) is 0.668. The summed E-state index contributed by atoms with van der Waals surface area (Å²) in [4.78, 5) is 16.5. The zero-order valence-corrected chi connectivity index (χ0v) is 10.2. The van der Waals surface area contributed by atoms with Crippen LogP contribution in [0.15, 0.2) is 34.9 Å². The minimum absolute atomic E-state index is 0.138. The average molecular weight is 284 g/mol. The predicted molar refractivity (Wildman–Crippen MR) is 61.8 cm³/mol. The van der Waals surface area contributed by atoms with Gasteiger partial charge in [0.2, 0.25) is 0 Å². The van der Waals surface area contributed by atoms with Crippen LogP contribution in [-0.2, 0) is 9.57 Å². The Kier molecular flexibility index (Phi) is 3.26. The molecular formula is C11H10BrNO3. The molecule has 2 rings (SSSR count). The summed E-state index contributed by atoms with van der Waals surface area (Å²) in [6.07, 6.45) is 1.76. The van der Waals surface area contributed by atoms with Gasteiger partial charge in [-0.05, 0) is 39.7 Å². The van der Waals surface area contributed by atoms with E-state index in [4.69, 9.17) is 4.84 Å². The largest absolute Gasteiger partial charge is 0.465 e. The van der Waals surface area contributed by atoms with Crippen molar-refractivity contribution in [1.29, 1.82) is 0 Å². The maximum atomic E-state index is 11.2. The van der Waals surface area contributed by atoms with Gasteiger partial charge < -0.3 is 4.74 Å². The second kappa shape index (κ2) is 4.67. The van der Waals surface area contributed by atoms with Crippen molar-refractivity contribution >= 4 is 21.9 Å². The molecule has 1 aliphatic heterocycles. The average Bonchev–Trinajstić information content (AvgIpc) is 2.75. The molecule has 0 amide bonds. The van der Waals surface area contributed by atoms with Crippen LogP contribution in [0.1, 0.15) is 22.0 Å². The van der Waals surface area contributed by atoms with Crippen molar-refractivity contribution in [3.05, 3.63) is 46.1 Å². The number of nitrogens with one attached hydrogen (secondary N) is 1. The lowest BCUT2D eigenvalue weighted by atomic mass is 10.1. The first kappa shape index (κ1) is 11.2. The summed E-state index contributed by atoms with van der Waals surface area (Å²) >= 11 is 3.28. The molecule has 1 aromatic rings. The van der Waals surface area contributed by atoms with Gasteiger partial charge >= 0.3 is 5.97 Å². The van der Waals surface area contributed by atoms with E-state index in [-0.39, 0.29) is 12.1 Å². The van der Waals surface area contributed by atoms with Crippen LogP contribution >= 0.6 is 15.9 Å². The molecule has 0 fully saturated rings. The van der Waals surface area contributed by atoms with E-state index in [9.17, 15) is 4.79 Å². The van der Waals surface area contributed by atoms with Gasteiger partial charge in [-0.15, -0.1) is 0 Å². The lowest BCUT2D eigenvalue weighted by Gasteiger charge is -2.07. The van der Waals surface area contributed by atoms with E-state index in [1.807, 2.05) is 18.2 Å². The van der Waals surface area contributed by atoms with Crippen LogP contribution < -0.4 is 5.48 Å². The van der Waals surface area contributed by atoms with Crippen LogP contribution in [0.4, 0.5) is 0 Å². The minimum atomic E-state index is -0.339. The molecule has 4 nitrogen and oxygen atoms in total. The number of halogens is 1. The Morgan fingerprint density at radius 3 is 2.62 bits per heavy atom. The van der Waals surface area contributed by atoms with Gasteiger partial charge in [0, 0.05) is 0 Å². The van der Waals surface area contributed by atoms with Gasteiger partial charge in [0.25, 0.3) is 0 Å². The monoisotopic (exact) mass is 283 g/mol. The Hall–Kier alpha value is -1.33. The molecule has 0 aromatic heterocycles. The van der Waals surface area contributed by atoms with Crippen molar-refractivity contribution in [2.75, 3.05) is 7.11 Å². The highest BCUT2D eigenvalue weighted by Crippen LogP contribution is 2.26. The lowest BCUT2D eigenvalue weighted by molar-refractivity contribution is 0.0457. The molecule has 0 bridgehead atoms. The highest BCUT2D eigenvalue weighted by Gasteiger charge is 2.17. The second-order valence-electron chi connectivity index (χ2n) is 3.27. The Labute approximate surface area is 101 Å². The molecule has 16 heavy (non-hydrogen) atoms. The predicted octanol–water partition coefficient (Wildman–Crippen LogP) is 2.29. The number of esters is 1. The summed E-state index contributed by atoms with van der Waals surface area (Å²) in [6.45, 7) is 0. The van der Waals surface area contributed by atoms with Crippen molar-refractivity contribution < 1.29 is 14.4 Å². The molecule has 0 radical (unpaired) electrons. The Balaban J connectivity index is 2.16. The molecule has 0 unspecified atom stereocenters. The summed E-state index contributed by atoms with van der Waals surface area (Å²) in [5, 5.41) is 0. The van der Waals surface area contributed by atoms with Gasteiger partial charge in [0.05, 0.1) is 12.7 Å². The lowest BCUT2D eigenvalue weighted by Crippen LogP contribution is -2.06. The smallest absolute Gasteiger partial charge is 0.337 e. The van der Waals surface area contributed by atoms with E-state index in [1.54, 1.807) is 12.1 Å². The molecule has 1 aromatic carbocycles. The molecule has 84 valence electrons. The highest BCUT2D eigenvalue weighted by molar-refractivity contribution is 9.11. The van der Waals surface area contributed by atoms with Crippen molar-refractivity contribution in [2.24, 2.45) is 0 Å². The zero-order valence-electron chi connectivity index (χ0n) is 8.57. The van der Waals surface area contributed by atoms with E-state index < -0.39 is 0 Å². The third kappa shape index (κ3) is 2.25. The standard InChI is InChI=1S/C11H10BrNO3/c1-15-11(14)8-4-2-7(3-5-8)9-6-10(12)13-16-9/h2-6,9,13H,1H3/t9-/m1/s1. The fourth-order valence-electron chi connectivity index (χ4n) is 1.41. The molecule has 0 aliphatic carbocycles. The van der Waals surface area contributed by atoms with Crippen molar-refractivity contribution in [3.8, 4) is 0 Å². The van der Waals surface area contributed by atoms with Crippen molar-refractivity contribution in [2.45, 2.75) is 6.10 Å². The van der Waals surface area contributed by atoms with Gasteiger partial charge in [0.15, 0.2) is 0 Å². The third-order valence-corrected chi connectivity index (χ3v) is 2.67. The molecule has 0 spiro atoms. The van der Waals surface area contributed by atoms with Crippen LogP contribution in [0, 0.1) is 0 Å². The topological polar surface area (TPSA) is 47.6 Å². The van der Waals surface area contributed by atoms with Crippen LogP contribution in [-0.4, -0.2) is 13.1 Å². The molecule has 1 N–H and O–H groups in total. The first-order valence-electron chi connectivity index (χ1n) is 4.68. The first-order valence-corrected chi connectivity index (χ1v) is 5.47. The molecule has 5 heteroatoms. The van der Waals surface area contributed by atoms with Gasteiger partial charge in [-0.2, -0.15) is 0 Å². The number of ether oxygens (including phenoxy) is 1. The number of rotatable bonds is 2. The number of carbonyl (C=O) groups is 1. The third-order valence-electron chi connectivity index (χ3n) is 2.24. The number of carbonyl (C=O) groups excluding carboxylic acids is 1. The summed E-state index contributed by atoms with van der Waals surface area (Å²) < 4.78 is 5.42.